The Morgan fingerprint density at radius 3 is 2.04 bits per heavy atom. The Hall–Kier alpha value is -3.28. The summed E-state index contributed by atoms with van der Waals surface area (Å²) in [5, 5.41) is 0. The zero-order valence-corrected chi connectivity index (χ0v) is 14.3. The molecule has 1 aliphatic rings. The minimum Gasteiger partial charge on any atom is -0.292 e. The number of aryl methyl sites for hydroxylation is 1. The predicted molar refractivity (Wildman–Crippen MR) is 94.3 cm³/mol. The van der Waals surface area contributed by atoms with Crippen LogP contribution >= 0.6 is 0 Å². The van der Waals surface area contributed by atoms with E-state index in [-0.39, 0.29) is 12.3 Å². The van der Waals surface area contributed by atoms with Crippen LogP contribution in [0.4, 0.5) is 4.79 Å². The number of Topliss-reactive ketones (excluding diaryl/α,β-unsaturated/α-hetero) is 1. The second-order valence-electron chi connectivity index (χ2n) is 6.02. The van der Waals surface area contributed by atoms with E-state index in [0.717, 1.165) is 22.4 Å². The van der Waals surface area contributed by atoms with Crippen molar-refractivity contribution in [1.29, 1.82) is 0 Å². The summed E-state index contributed by atoms with van der Waals surface area (Å²) < 4.78 is 0. The van der Waals surface area contributed by atoms with E-state index >= 15 is 0 Å². The largest absolute Gasteiger partial charge is 0.334 e. The van der Waals surface area contributed by atoms with Gasteiger partial charge in [0.25, 0.3) is 0 Å². The lowest BCUT2D eigenvalue weighted by Crippen LogP contribution is -2.36. The fourth-order valence-corrected chi connectivity index (χ4v) is 2.76. The van der Waals surface area contributed by atoms with Crippen molar-refractivity contribution in [3.63, 3.8) is 0 Å². The molecule has 2 aromatic rings. The molecule has 0 aromatic heterocycles. The minimum absolute atomic E-state index is 0.000133. The molecule has 4 amide bonds. The van der Waals surface area contributed by atoms with E-state index in [9.17, 15) is 19.2 Å². The third kappa shape index (κ3) is 3.39. The van der Waals surface area contributed by atoms with Gasteiger partial charge in [-0.15, -0.1) is 0 Å². The number of carbonyl (C=O) groups is 4. The molecule has 0 atom stereocenters. The summed E-state index contributed by atoms with van der Waals surface area (Å²) >= 11 is 0. The summed E-state index contributed by atoms with van der Waals surface area (Å²) in [7, 11) is 0. The van der Waals surface area contributed by atoms with Gasteiger partial charge < -0.3 is 0 Å². The number of ketones is 1. The van der Waals surface area contributed by atoms with Gasteiger partial charge in [0.15, 0.2) is 5.78 Å². The van der Waals surface area contributed by atoms with Gasteiger partial charge in [-0.3, -0.25) is 19.3 Å². The van der Waals surface area contributed by atoms with Gasteiger partial charge in [-0.1, -0.05) is 61.5 Å². The third-order valence-electron chi connectivity index (χ3n) is 4.30. The van der Waals surface area contributed by atoms with Crippen molar-refractivity contribution >= 4 is 23.6 Å². The molecular weight excluding hydrogens is 332 g/mol. The van der Waals surface area contributed by atoms with Crippen LogP contribution in [-0.2, 0) is 22.6 Å². The molecule has 0 unspecified atom stereocenters. The van der Waals surface area contributed by atoms with Gasteiger partial charge in [-0.05, 0) is 17.5 Å². The molecule has 1 heterocycles. The smallest absolute Gasteiger partial charge is 0.292 e. The molecule has 6 nitrogen and oxygen atoms in total. The lowest BCUT2D eigenvalue weighted by Gasteiger charge is -2.15. The molecule has 0 aliphatic carbocycles. The first kappa shape index (κ1) is 17.5. The van der Waals surface area contributed by atoms with Crippen LogP contribution in [0, 0.1) is 0 Å². The Balaban J connectivity index is 1.73. The van der Waals surface area contributed by atoms with Gasteiger partial charge in [0.1, 0.15) is 0 Å². The maximum atomic E-state index is 12.5. The predicted octanol–water partition coefficient (Wildman–Crippen LogP) is 2.42. The molecule has 3 rings (SSSR count). The van der Waals surface area contributed by atoms with Crippen LogP contribution in [0.25, 0.3) is 0 Å². The first-order chi connectivity index (χ1) is 12.5. The Bertz CT molecular complexity index is 859. The molecule has 0 N–H and O–H groups in total. The molecule has 0 bridgehead atoms. The number of benzene rings is 2. The van der Waals surface area contributed by atoms with Crippen LogP contribution in [0.5, 0.6) is 0 Å². The molecule has 26 heavy (non-hydrogen) atoms. The van der Waals surface area contributed by atoms with Crippen molar-refractivity contribution in [3.8, 4) is 0 Å². The number of amides is 4. The van der Waals surface area contributed by atoms with Crippen LogP contribution in [0.1, 0.15) is 28.4 Å². The van der Waals surface area contributed by atoms with Crippen molar-refractivity contribution in [2.45, 2.75) is 19.9 Å². The zero-order valence-electron chi connectivity index (χ0n) is 14.3. The summed E-state index contributed by atoms with van der Waals surface area (Å²) in [6.45, 7) is 1.56. The van der Waals surface area contributed by atoms with Crippen molar-refractivity contribution in [2.75, 3.05) is 6.54 Å². The summed E-state index contributed by atoms with van der Waals surface area (Å²) in [5.74, 6) is -2.26. The highest BCUT2D eigenvalue weighted by atomic mass is 16.2. The van der Waals surface area contributed by atoms with Crippen molar-refractivity contribution < 1.29 is 19.2 Å². The van der Waals surface area contributed by atoms with Crippen LogP contribution in [0.2, 0.25) is 0 Å². The summed E-state index contributed by atoms with van der Waals surface area (Å²) in [5.41, 5.74) is 2.21. The quantitative estimate of drug-likeness (QED) is 0.455. The number of hydrogen-bond donors (Lipinski definition) is 0. The molecule has 1 fully saturated rings. The fraction of sp³-hybridized carbons (Fsp3) is 0.200. The molecule has 132 valence electrons. The van der Waals surface area contributed by atoms with E-state index in [0.29, 0.717) is 10.5 Å². The van der Waals surface area contributed by atoms with Gasteiger partial charge in [0.05, 0.1) is 13.1 Å². The first-order valence-electron chi connectivity index (χ1n) is 8.34. The zero-order chi connectivity index (χ0) is 18.7. The van der Waals surface area contributed by atoms with Gasteiger partial charge in [0, 0.05) is 5.56 Å². The summed E-state index contributed by atoms with van der Waals surface area (Å²) in [4.78, 5) is 50.7. The van der Waals surface area contributed by atoms with Crippen LogP contribution in [-0.4, -0.2) is 40.0 Å². The lowest BCUT2D eigenvalue weighted by molar-refractivity contribution is -0.143. The molecule has 1 aliphatic heterocycles. The molecule has 0 spiro atoms. The van der Waals surface area contributed by atoms with Crippen LogP contribution < -0.4 is 0 Å². The Morgan fingerprint density at radius 1 is 0.808 bits per heavy atom. The monoisotopic (exact) mass is 350 g/mol. The van der Waals surface area contributed by atoms with E-state index in [2.05, 4.69) is 0 Å². The summed E-state index contributed by atoms with van der Waals surface area (Å²) in [6.07, 6.45) is 0.848. The molecule has 2 aromatic carbocycles. The first-order valence-corrected chi connectivity index (χ1v) is 8.34. The average molecular weight is 350 g/mol. The van der Waals surface area contributed by atoms with Crippen molar-refractivity contribution in [1.82, 2.24) is 9.80 Å². The van der Waals surface area contributed by atoms with E-state index in [4.69, 9.17) is 0 Å². The maximum Gasteiger partial charge on any atom is 0.334 e. The van der Waals surface area contributed by atoms with E-state index < -0.39 is 24.4 Å². The van der Waals surface area contributed by atoms with Gasteiger partial charge in [-0.2, -0.15) is 0 Å². The molecular formula is C20H18N2O4. The second kappa shape index (κ2) is 7.31. The number of hydrogen-bond acceptors (Lipinski definition) is 4. The lowest BCUT2D eigenvalue weighted by atomic mass is 10.1. The van der Waals surface area contributed by atoms with Gasteiger partial charge in [0.2, 0.25) is 0 Å². The highest BCUT2D eigenvalue weighted by Crippen LogP contribution is 2.17. The van der Waals surface area contributed by atoms with Gasteiger partial charge >= 0.3 is 17.8 Å². The molecule has 0 radical (unpaired) electrons. The SMILES string of the molecule is CCc1ccc(C(=O)CN2C(=O)C(=O)N(Cc3ccccc3)C2=O)cc1. The number of imide groups is 2. The molecule has 6 heteroatoms. The maximum absolute atomic E-state index is 12.5. The Labute approximate surface area is 151 Å². The second-order valence-corrected chi connectivity index (χ2v) is 6.02. The third-order valence-corrected chi connectivity index (χ3v) is 4.30. The van der Waals surface area contributed by atoms with E-state index in [1.54, 1.807) is 36.4 Å². The van der Waals surface area contributed by atoms with Gasteiger partial charge in [-0.25, -0.2) is 9.69 Å². The minimum atomic E-state index is -0.968. The molecule has 0 saturated carbocycles. The number of carbonyl (C=O) groups excluding carboxylic acids is 4. The van der Waals surface area contributed by atoms with Crippen molar-refractivity contribution in [2.24, 2.45) is 0 Å². The normalized spacial score (nSPS) is 14.3. The molecule has 1 saturated heterocycles. The van der Waals surface area contributed by atoms with Crippen LogP contribution in [0.3, 0.4) is 0 Å². The van der Waals surface area contributed by atoms with Crippen molar-refractivity contribution in [3.05, 3.63) is 71.3 Å². The van der Waals surface area contributed by atoms with E-state index in [1.165, 1.54) is 0 Å². The summed E-state index contributed by atoms with van der Waals surface area (Å²) in [6, 6.07) is 15.1. The Morgan fingerprint density at radius 2 is 1.42 bits per heavy atom. The average Bonchev–Trinajstić information content (AvgIpc) is 2.87. The standard InChI is InChI=1S/C20H18N2O4/c1-2-14-8-10-16(11-9-14)17(23)13-22-19(25)18(24)21(20(22)26)12-15-6-4-3-5-7-15/h3-11H,2,12-13H2,1H3. The highest BCUT2D eigenvalue weighted by Gasteiger charge is 2.45. The Kier molecular flexibility index (Phi) is 4.93. The highest BCUT2D eigenvalue weighted by molar-refractivity contribution is 6.45. The number of nitrogens with zero attached hydrogens (tertiary/aromatic N) is 2. The fourth-order valence-electron chi connectivity index (χ4n) is 2.76. The topological polar surface area (TPSA) is 74.8 Å². The number of rotatable bonds is 6. The van der Waals surface area contributed by atoms with Crippen LogP contribution in [0.15, 0.2) is 54.6 Å². The van der Waals surface area contributed by atoms with E-state index in [1.807, 2.05) is 25.1 Å². The number of urea groups is 1.